The Morgan fingerprint density at radius 1 is 1.35 bits per heavy atom. The second kappa shape index (κ2) is 9.48. The van der Waals surface area contributed by atoms with E-state index >= 15 is 0 Å². The first kappa shape index (κ1) is 20.1. The van der Waals surface area contributed by atoms with Crippen LogP contribution in [0.15, 0.2) is 24.4 Å². The molecule has 1 N–H and O–H groups in total. The van der Waals surface area contributed by atoms with E-state index in [1.807, 2.05) is 42.9 Å². The number of aromatic nitrogens is 3. The zero-order chi connectivity index (χ0) is 19.1. The Morgan fingerprint density at radius 2 is 2.12 bits per heavy atom. The van der Waals surface area contributed by atoms with Crippen LogP contribution in [0, 0.1) is 6.92 Å². The minimum Gasteiger partial charge on any atom is -0.466 e. The summed E-state index contributed by atoms with van der Waals surface area (Å²) in [5, 5.41) is 17.9. The maximum absolute atomic E-state index is 12.0. The summed E-state index contributed by atoms with van der Waals surface area (Å²) in [6.07, 6.45) is 3.78. The van der Waals surface area contributed by atoms with Gasteiger partial charge in [0, 0.05) is 12.2 Å². The van der Waals surface area contributed by atoms with Crippen LogP contribution < -0.4 is 0 Å². The van der Waals surface area contributed by atoms with E-state index in [0.717, 1.165) is 35.2 Å². The summed E-state index contributed by atoms with van der Waals surface area (Å²) in [6.45, 7) is 8.28. The zero-order valence-corrected chi connectivity index (χ0v) is 16.1. The van der Waals surface area contributed by atoms with Gasteiger partial charge in [-0.1, -0.05) is 23.4 Å². The van der Waals surface area contributed by atoms with Gasteiger partial charge in [0.25, 0.3) is 0 Å². The number of aryl methyl sites for hydroxylation is 2. The van der Waals surface area contributed by atoms with Gasteiger partial charge in [-0.2, -0.15) is 0 Å². The number of benzene rings is 1. The Kier molecular flexibility index (Phi) is 7.33. The van der Waals surface area contributed by atoms with Crippen LogP contribution in [0.5, 0.6) is 0 Å². The molecule has 26 heavy (non-hydrogen) atoms. The molecule has 2 rings (SSSR count). The molecule has 0 aliphatic rings. The summed E-state index contributed by atoms with van der Waals surface area (Å²) in [6, 6.07) is 6.29. The Balaban J connectivity index is 2.15. The van der Waals surface area contributed by atoms with Gasteiger partial charge in [-0.25, -0.2) is 4.68 Å². The lowest BCUT2D eigenvalue weighted by Crippen LogP contribution is -2.12. The molecule has 1 aromatic heterocycles. The van der Waals surface area contributed by atoms with E-state index in [0.29, 0.717) is 13.0 Å². The van der Waals surface area contributed by atoms with Crippen molar-refractivity contribution in [3.05, 3.63) is 46.8 Å². The lowest BCUT2D eigenvalue weighted by molar-refractivity contribution is -0.143. The molecule has 0 amide bonds. The highest BCUT2D eigenvalue weighted by Crippen LogP contribution is 2.27. The highest BCUT2D eigenvalue weighted by atomic mass is 16.5. The fourth-order valence-electron chi connectivity index (χ4n) is 2.93. The van der Waals surface area contributed by atoms with Gasteiger partial charge < -0.3 is 9.84 Å². The number of aliphatic hydroxyl groups excluding tert-OH is 1. The molecule has 0 aliphatic carbocycles. The smallest absolute Gasteiger partial charge is 0.306 e. The summed E-state index contributed by atoms with van der Waals surface area (Å²) in [7, 11) is 0. The summed E-state index contributed by atoms with van der Waals surface area (Å²) >= 11 is 0. The second-order valence-electron chi connectivity index (χ2n) is 6.87. The van der Waals surface area contributed by atoms with Crippen molar-refractivity contribution in [3.63, 3.8) is 0 Å². The number of esters is 1. The average Bonchev–Trinajstić information content (AvgIpc) is 3.08. The largest absolute Gasteiger partial charge is 0.466 e. The van der Waals surface area contributed by atoms with E-state index in [-0.39, 0.29) is 24.5 Å². The maximum Gasteiger partial charge on any atom is 0.306 e. The monoisotopic (exact) mass is 359 g/mol. The van der Waals surface area contributed by atoms with Crippen LogP contribution >= 0.6 is 0 Å². The number of hydrogen-bond acceptors (Lipinski definition) is 5. The molecule has 6 heteroatoms. The van der Waals surface area contributed by atoms with Crippen LogP contribution in [-0.4, -0.2) is 32.7 Å². The summed E-state index contributed by atoms with van der Waals surface area (Å²) in [5.74, 6) is -0.182. The lowest BCUT2D eigenvalue weighted by Gasteiger charge is -2.18. The quantitative estimate of drug-likeness (QED) is 0.695. The predicted molar refractivity (Wildman–Crippen MR) is 99.8 cm³/mol. The number of ether oxygens (including phenoxy) is 1. The molecule has 0 spiro atoms. The predicted octanol–water partition coefficient (Wildman–Crippen LogP) is 3.33. The number of nitrogens with zero attached hydrogens (tertiary/aromatic N) is 3. The SMILES string of the molecule is CCOC(=O)CC(CCc1cn(C(C)C)nn1)c1ccc(C)c(CO)c1. The Labute approximate surface area is 155 Å². The highest BCUT2D eigenvalue weighted by Gasteiger charge is 2.19. The molecule has 2 aromatic rings. The molecular weight excluding hydrogens is 330 g/mol. The molecule has 0 saturated carbocycles. The molecule has 1 atom stereocenters. The number of carbonyl (C=O) groups is 1. The zero-order valence-electron chi connectivity index (χ0n) is 16.1. The molecule has 0 bridgehead atoms. The van der Waals surface area contributed by atoms with Crippen molar-refractivity contribution in [1.29, 1.82) is 0 Å². The lowest BCUT2D eigenvalue weighted by atomic mass is 9.88. The van der Waals surface area contributed by atoms with E-state index < -0.39 is 0 Å². The van der Waals surface area contributed by atoms with E-state index in [4.69, 9.17) is 4.74 Å². The average molecular weight is 359 g/mol. The van der Waals surface area contributed by atoms with Gasteiger partial charge in [-0.05, 0) is 63.1 Å². The van der Waals surface area contributed by atoms with Gasteiger partial charge in [-0.15, -0.1) is 5.10 Å². The number of hydrogen-bond donors (Lipinski definition) is 1. The van der Waals surface area contributed by atoms with Crippen molar-refractivity contribution in [1.82, 2.24) is 15.0 Å². The first-order valence-electron chi connectivity index (χ1n) is 9.21. The first-order chi connectivity index (χ1) is 12.4. The first-order valence-corrected chi connectivity index (χ1v) is 9.21. The van der Waals surface area contributed by atoms with Gasteiger partial charge in [0.1, 0.15) is 0 Å². The molecule has 1 unspecified atom stereocenters. The van der Waals surface area contributed by atoms with E-state index in [1.165, 1.54) is 0 Å². The Bertz CT molecular complexity index is 725. The van der Waals surface area contributed by atoms with Crippen molar-refractivity contribution >= 4 is 5.97 Å². The van der Waals surface area contributed by atoms with E-state index in [2.05, 4.69) is 24.2 Å². The number of carbonyl (C=O) groups excluding carboxylic acids is 1. The topological polar surface area (TPSA) is 77.2 Å². The molecule has 1 aromatic carbocycles. The third kappa shape index (κ3) is 5.39. The summed E-state index contributed by atoms with van der Waals surface area (Å²) in [5.41, 5.74) is 3.90. The molecule has 0 fully saturated rings. The van der Waals surface area contributed by atoms with Gasteiger partial charge in [0.05, 0.1) is 25.3 Å². The van der Waals surface area contributed by atoms with Crippen LogP contribution in [0.4, 0.5) is 0 Å². The normalized spacial score (nSPS) is 12.4. The van der Waals surface area contributed by atoms with Crippen LogP contribution in [0.25, 0.3) is 0 Å². The molecule has 0 aliphatic heterocycles. The van der Waals surface area contributed by atoms with Crippen molar-refractivity contribution in [2.45, 2.75) is 65.5 Å². The van der Waals surface area contributed by atoms with Crippen molar-refractivity contribution in [3.8, 4) is 0 Å². The summed E-state index contributed by atoms with van der Waals surface area (Å²) < 4.78 is 6.98. The van der Waals surface area contributed by atoms with Crippen molar-refractivity contribution < 1.29 is 14.6 Å². The number of rotatable bonds is 9. The van der Waals surface area contributed by atoms with Crippen molar-refractivity contribution in [2.75, 3.05) is 6.61 Å². The molecule has 0 saturated heterocycles. The van der Waals surface area contributed by atoms with Crippen LogP contribution in [0.2, 0.25) is 0 Å². The van der Waals surface area contributed by atoms with Gasteiger partial charge >= 0.3 is 5.97 Å². The summed E-state index contributed by atoms with van der Waals surface area (Å²) in [4.78, 5) is 12.0. The van der Waals surface area contributed by atoms with Crippen LogP contribution in [0.1, 0.15) is 68.0 Å². The minimum absolute atomic E-state index is 0.00544. The maximum atomic E-state index is 12.0. The number of aliphatic hydroxyl groups is 1. The van der Waals surface area contributed by atoms with Gasteiger partial charge in [0.15, 0.2) is 0 Å². The standard InChI is InChI=1S/C20H29N3O3/c1-5-26-20(25)11-17(16-7-6-15(4)18(10-16)13-24)8-9-19-12-23(14(2)3)22-21-19/h6-7,10,12,14,17,24H,5,8-9,11,13H2,1-4H3. The fraction of sp³-hybridized carbons (Fsp3) is 0.550. The Morgan fingerprint density at radius 3 is 2.73 bits per heavy atom. The van der Waals surface area contributed by atoms with Gasteiger partial charge in [0.2, 0.25) is 0 Å². The highest BCUT2D eigenvalue weighted by molar-refractivity contribution is 5.70. The third-order valence-corrected chi connectivity index (χ3v) is 4.57. The molecule has 0 radical (unpaired) electrons. The van der Waals surface area contributed by atoms with E-state index in [9.17, 15) is 9.90 Å². The molecule has 142 valence electrons. The Hall–Kier alpha value is -2.21. The second-order valence-corrected chi connectivity index (χ2v) is 6.87. The van der Waals surface area contributed by atoms with E-state index in [1.54, 1.807) is 0 Å². The molecule has 1 heterocycles. The van der Waals surface area contributed by atoms with Crippen LogP contribution in [0.3, 0.4) is 0 Å². The third-order valence-electron chi connectivity index (χ3n) is 4.57. The van der Waals surface area contributed by atoms with Crippen molar-refractivity contribution in [2.24, 2.45) is 0 Å². The van der Waals surface area contributed by atoms with Crippen LogP contribution in [-0.2, 0) is 22.6 Å². The fourth-order valence-corrected chi connectivity index (χ4v) is 2.93. The molecular formula is C20H29N3O3. The van der Waals surface area contributed by atoms with Gasteiger partial charge in [-0.3, -0.25) is 4.79 Å². The minimum atomic E-state index is -0.200. The molecule has 6 nitrogen and oxygen atoms in total.